The molecule has 0 saturated heterocycles. The van der Waals surface area contributed by atoms with Crippen LogP contribution in [0.4, 0.5) is 0 Å². The number of hydrogen-bond donors (Lipinski definition) is 1. The van der Waals surface area contributed by atoms with E-state index in [1.54, 1.807) is 6.07 Å². The molecule has 1 saturated carbocycles. The number of carboxylic acids is 1. The Balaban J connectivity index is 1.76. The van der Waals surface area contributed by atoms with Crippen LogP contribution >= 0.6 is 11.5 Å². The predicted octanol–water partition coefficient (Wildman–Crippen LogP) is 1.88. The lowest BCUT2D eigenvalue weighted by Crippen LogP contribution is -2.27. The molecule has 0 spiro atoms. The van der Waals surface area contributed by atoms with Gasteiger partial charge in [-0.1, -0.05) is 11.5 Å². The van der Waals surface area contributed by atoms with E-state index < -0.39 is 5.97 Å². The van der Waals surface area contributed by atoms with Gasteiger partial charge >= 0.3 is 5.97 Å². The fourth-order valence-electron chi connectivity index (χ4n) is 2.30. The van der Waals surface area contributed by atoms with Gasteiger partial charge in [0.1, 0.15) is 0 Å². The summed E-state index contributed by atoms with van der Waals surface area (Å²) >= 11 is 1.46. The van der Waals surface area contributed by atoms with E-state index in [1.807, 2.05) is 9.34 Å². The van der Waals surface area contributed by atoms with Crippen molar-refractivity contribution in [1.29, 1.82) is 0 Å². The highest BCUT2D eigenvalue weighted by atomic mass is 32.1. The molecule has 0 unspecified atom stereocenters. The molecule has 1 fully saturated rings. The van der Waals surface area contributed by atoms with Crippen LogP contribution in [0.15, 0.2) is 16.2 Å². The van der Waals surface area contributed by atoms with Crippen LogP contribution in [0.3, 0.4) is 0 Å². The van der Waals surface area contributed by atoms with Crippen molar-refractivity contribution in [1.82, 2.24) is 3.96 Å². The first-order valence-corrected chi connectivity index (χ1v) is 7.00. The average molecular weight is 271 g/mol. The molecule has 0 atom stereocenters. The third kappa shape index (κ3) is 3.43. The van der Waals surface area contributed by atoms with Gasteiger partial charge in [0.15, 0.2) is 0 Å². The lowest BCUT2D eigenvalue weighted by molar-refractivity contribution is -0.138. The molecule has 1 aromatic heterocycles. The van der Waals surface area contributed by atoms with Crippen LogP contribution in [0.2, 0.25) is 0 Å². The Morgan fingerprint density at radius 1 is 1.44 bits per heavy atom. The fourth-order valence-corrected chi connectivity index (χ4v) is 3.16. The molecule has 0 amide bonds. The zero-order valence-corrected chi connectivity index (χ0v) is 10.9. The molecule has 1 heterocycles. The van der Waals surface area contributed by atoms with Crippen LogP contribution in [-0.4, -0.2) is 27.7 Å². The quantitative estimate of drug-likeness (QED) is 0.888. The van der Waals surface area contributed by atoms with E-state index in [-0.39, 0.29) is 30.7 Å². The van der Waals surface area contributed by atoms with E-state index in [0.717, 1.165) is 25.7 Å². The fraction of sp³-hybridized carbons (Fsp3) is 0.667. The van der Waals surface area contributed by atoms with Gasteiger partial charge in [0.05, 0.1) is 19.1 Å². The van der Waals surface area contributed by atoms with Crippen LogP contribution < -0.4 is 5.56 Å². The lowest BCUT2D eigenvalue weighted by atomic mass is 9.93. The van der Waals surface area contributed by atoms with Crippen LogP contribution in [0.1, 0.15) is 38.1 Å². The van der Waals surface area contributed by atoms with E-state index in [2.05, 4.69) is 0 Å². The second-order valence-electron chi connectivity index (χ2n) is 4.52. The molecule has 0 bridgehead atoms. The molecule has 100 valence electrons. The van der Waals surface area contributed by atoms with E-state index in [0.29, 0.717) is 0 Å². The van der Waals surface area contributed by atoms with Gasteiger partial charge in [0, 0.05) is 17.5 Å². The van der Waals surface area contributed by atoms with Crippen molar-refractivity contribution in [2.45, 2.75) is 44.2 Å². The summed E-state index contributed by atoms with van der Waals surface area (Å²) in [6.07, 6.45) is 3.86. The Bertz CT molecular complexity index is 445. The standard InChI is InChI=1S/C12H17NO4S/c14-11-6-8-18-13(11)9-1-3-10(4-2-9)17-7-5-12(15)16/h6,8-10H,1-5,7H2,(H,15,16). The van der Waals surface area contributed by atoms with E-state index in [4.69, 9.17) is 9.84 Å². The molecule has 0 aromatic carbocycles. The molecular formula is C12H17NO4S. The smallest absolute Gasteiger partial charge is 0.305 e. The number of aromatic nitrogens is 1. The number of carbonyl (C=O) groups is 1. The van der Waals surface area contributed by atoms with Crippen molar-refractivity contribution >= 4 is 17.5 Å². The Kier molecular flexibility index (Phi) is 4.54. The highest BCUT2D eigenvalue weighted by Gasteiger charge is 2.23. The van der Waals surface area contributed by atoms with Crippen molar-refractivity contribution in [3.63, 3.8) is 0 Å². The molecule has 18 heavy (non-hydrogen) atoms. The largest absolute Gasteiger partial charge is 0.481 e. The topological polar surface area (TPSA) is 68.5 Å². The van der Waals surface area contributed by atoms with Crippen molar-refractivity contribution in [2.24, 2.45) is 0 Å². The van der Waals surface area contributed by atoms with Crippen LogP contribution in [-0.2, 0) is 9.53 Å². The summed E-state index contributed by atoms with van der Waals surface area (Å²) in [5.74, 6) is -0.825. The van der Waals surface area contributed by atoms with Crippen molar-refractivity contribution in [2.75, 3.05) is 6.61 Å². The number of hydrogen-bond acceptors (Lipinski definition) is 4. The third-order valence-electron chi connectivity index (χ3n) is 3.25. The Morgan fingerprint density at radius 2 is 2.17 bits per heavy atom. The van der Waals surface area contributed by atoms with Crippen LogP contribution in [0, 0.1) is 0 Å². The molecule has 1 aliphatic rings. The highest BCUT2D eigenvalue weighted by molar-refractivity contribution is 7.04. The first-order chi connectivity index (χ1) is 8.66. The lowest BCUT2D eigenvalue weighted by Gasteiger charge is -2.28. The maximum absolute atomic E-state index is 11.5. The molecule has 6 heteroatoms. The summed E-state index contributed by atoms with van der Waals surface area (Å²) in [5, 5.41) is 10.3. The van der Waals surface area contributed by atoms with Crippen molar-refractivity contribution in [3.8, 4) is 0 Å². The summed E-state index contributed by atoms with van der Waals surface area (Å²) in [5.41, 5.74) is 0.0789. The molecule has 0 aliphatic heterocycles. The van der Waals surface area contributed by atoms with Gasteiger partial charge in [-0.3, -0.25) is 13.5 Å². The number of aliphatic carboxylic acids is 1. The van der Waals surface area contributed by atoms with Crippen LogP contribution in [0.25, 0.3) is 0 Å². The molecule has 5 nitrogen and oxygen atoms in total. The molecule has 2 rings (SSSR count). The third-order valence-corrected chi connectivity index (χ3v) is 4.21. The minimum atomic E-state index is -0.825. The first-order valence-electron chi connectivity index (χ1n) is 6.16. The van der Waals surface area contributed by atoms with Crippen LogP contribution in [0.5, 0.6) is 0 Å². The Labute approximate surface area is 109 Å². The molecule has 1 aliphatic carbocycles. The predicted molar refractivity (Wildman–Crippen MR) is 68.1 cm³/mol. The molecular weight excluding hydrogens is 254 g/mol. The zero-order valence-electron chi connectivity index (χ0n) is 10.1. The van der Waals surface area contributed by atoms with E-state index in [1.165, 1.54) is 11.5 Å². The summed E-state index contributed by atoms with van der Waals surface area (Å²) in [6.45, 7) is 0.281. The highest BCUT2D eigenvalue weighted by Crippen LogP contribution is 2.30. The van der Waals surface area contributed by atoms with Gasteiger partial charge in [-0.15, -0.1) is 0 Å². The van der Waals surface area contributed by atoms with Gasteiger partial charge in [0.25, 0.3) is 5.56 Å². The second-order valence-corrected chi connectivity index (χ2v) is 5.39. The maximum atomic E-state index is 11.5. The number of carboxylic acid groups (broad SMARTS) is 1. The van der Waals surface area contributed by atoms with Gasteiger partial charge in [-0.05, 0) is 25.7 Å². The number of nitrogens with zero attached hydrogens (tertiary/aromatic N) is 1. The summed E-state index contributed by atoms with van der Waals surface area (Å²) in [7, 11) is 0. The van der Waals surface area contributed by atoms with E-state index >= 15 is 0 Å². The van der Waals surface area contributed by atoms with Crippen molar-refractivity contribution < 1.29 is 14.6 Å². The molecule has 1 N–H and O–H groups in total. The molecule has 1 aromatic rings. The Morgan fingerprint density at radius 3 is 2.72 bits per heavy atom. The minimum absolute atomic E-state index is 0.0598. The maximum Gasteiger partial charge on any atom is 0.305 e. The number of rotatable bonds is 5. The van der Waals surface area contributed by atoms with Gasteiger partial charge in [-0.2, -0.15) is 0 Å². The van der Waals surface area contributed by atoms with Gasteiger partial charge < -0.3 is 9.84 Å². The molecule has 0 radical (unpaired) electrons. The monoisotopic (exact) mass is 271 g/mol. The summed E-state index contributed by atoms with van der Waals surface area (Å²) < 4.78 is 7.35. The van der Waals surface area contributed by atoms with Gasteiger partial charge in [0.2, 0.25) is 0 Å². The summed E-state index contributed by atoms with van der Waals surface area (Å²) in [4.78, 5) is 21.9. The summed E-state index contributed by atoms with van der Waals surface area (Å²) in [6, 6.07) is 1.89. The second kappa shape index (κ2) is 6.15. The SMILES string of the molecule is O=C(O)CCOC1CCC(n2sccc2=O)CC1. The van der Waals surface area contributed by atoms with Crippen molar-refractivity contribution in [3.05, 3.63) is 21.8 Å². The number of ether oxygens (including phenoxy) is 1. The normalized spacial score (nSPS) is 24.0. The zero-order chi connectivity index (χ0) is 13.0. The minimum Gasteiger partial charge on any atom is -0.481 e. The average Bonchev–Trinajstić information content (AvgIpc) is 2.76. The van der Waals surface area contributed by atoms with E-state index in [9.17, 15) is 9.59 Å². The van der Waals surface area contributed by atoms with Gasteiger partial charge in [-0.25, -0.2) is 0 Å². The first kappa shape index (κ1) is 13.3. The Hall–Kier alpha value is -1.14.